The molecule has 0 saturated heterocycles. The molecule has 0 unspecified atom stereocenters. The zero-order valence-corrected chi connectivity index (χ0v) is 23.0. The second-order valence-corrected chi connectivity index (χ2v) is 9.59. The van der Waals surface area contributed by atoms with Gasteiger partial charge < -0.3 is 18.9 Å². The summed E-state index contributed by atoms with van der Waals surface area (Å²) in [5.41, 5.74) is 1.06. The van der Waals surface area contributed by atoms with Crippen molar-refractivity contribution in [3.8, 4) is 11.8 Å². The predicted molar refractivity (Wildman–Crippen MR) is 141 cm³/mol. The second-order valence-electron chi connectivity index (χ2n) is 9.59. The lowest BCUT2D eigenvalue weighted by Gasteiger charge is -2.13. The van der Waals surface area contributed by atoms with E-state index in [4.69, 9.17) is 18.9 Å². The third kappa shape index (κ3) is 8.77. The largest absolute Gasteiger partial charge is 0.459 e. The van der Waals surface area contributed by atoms with Crippen molar-refractivity contribution in [1.29, 1.82) is 0 Å². The molecular weight excluding hydrogens is 488 g/mol. The Morgan fingerprint density at radius 2 is 0.737 bits per heavy atom. The molecular formula is C30H34O8. The van der Waals surface area contributed by atoms with Gasteiger partial charge in [-0.3, -0.25) is 0 Å². The number of rotatable bonds is 8. The molecule has 0 heterocycles. The maximum Gasteiger partial charge on any atom is 0.339 e. The maximum absolute atomic E-state index is 12.7. The summed E-state index contributed by atoms with van der Waals surface area (Å²) in [7, 11) is 0. The standard InChI is InChI=1S/C30H34O8/c1-17(2)35-27(31)23-13-11-21(15-25(23)29(33)37-19(5)6)9-10-22-12-14-24(28(32)36-18(3)4)26(16-22)30(34)38-20(7)8/h11-20H,1-8H3. The lowest BCUT2D eigenvalue weighted by atomic mass is 10.0. The summed E-state index contributed by atoms with van der Waals surface area (Å²) in [6.45, 7) is 13.7. The molecule has 0 spiro atoms. The molecule has 0 saturated carbocycles. The number of esters is 4. The smallest absolute Gasteiger partial charge is 0.339 e. The average Bonchev–Trinajstić information content (AvgIpc) is 2.80. The van der Waals surface area contributed by atoms with E-state index >= 15 is 0 Å². The van der Waals surface area contributed by atoms with Crippen LogP contribution in [0, 0.1) is 11.8 Å². The topological polar surface area (TPSA) is 105 Å². The van der Waals surface area contributed by atoms with Crippen molar-refractivity contribution >= 4 is 23.9 Å². The molecule has 2 aromatic carbocycles. The van der Waals surface area contributed by atoms with Gasteiger partial charge in [0.1, 0.15) is 0 Å². The third-order valence-corrected chi connectivity index (χ3v) is 4.64. The number of carbonyl (C=O) groups is 4. The summed E-state index contributed by atoms with van der Waals surface area (Å²) in [6.07, 6.45) is -1.52. The van der Waals surface area contributed by atoms with Crippen molar-refractivity contribution in [2.75, 3.05) is 0 Å². The fourth-order valence-electron chi connectivity index (χ4n) is 3.19. The first kappa shape index (κ1) is 30.1. The first-order valence-electron chi connectivity index (χ1n) is 12.4. The SMILES string of the molecule is CC(C)OC(=O)c1ccc(C#Cc2ccc(C(=O)OC(C)C)c(C(=O)OC(C)C)c2)cc1C(=O)OC(C)C. The van der Waals surface area contributed by atoms with Crippen LogP contribution in [0.4, 0.5) is 0 Å². The van der Waals surface area contributed by atoms with E-state index in [2.05, 4.69) is 11.8 Å². The third-order valence-electron chi connectivity index (χ3n) is 4.64. The van der Waals surface area contributed by atoms with Crippen LogP contribution in [0.1, 0.15) is 108 Å². The van der Waals surface area contributed by atoms with E-state index in [9.17, 15) is 19.2 Å². The Labute approximate surface area is 223 Å². The Balaban J connectivity index is 2.51. The Hall–Kier alpha value is -4.12. The molecule has 0 amide bonds. The van der Waals surface area contributed by atoms with E-state index in [1.807, 2.05) is 0 Å². The Morgan fingerprint density at radius 3 is 1.00 bits per heavy atom. The van der Waals surface area contributed by atoms with Gasteiger partial charge in [0.2, 0.25) is 0 Å². The quantitative estimate of drug-likeness (QED) is 0.260. The van der Waals surface area contributed by atoms with Crippen LogP contribution < -0.4 is 0 Å². The van der Waals surface area contributed by atoms with Gasteiger partial charge >= 0.3 is 23.9 Å². The van der Waals surface area contributed by atoms with Crippen LogP contribution in [0.2, 0.25) is 0 Å². The molecule has 0 aliphatic carbocycles. The van der Waals surface area contributed by atoms with E-state index in [1.54, 1.807) is 67.5 Å². The van der Waals surface area contributed by atoms with Crippen molar-refractivity contribution in [2.24, 2.45) is 0 Å². The van der Waals surface area contributed by atoms with Gasteiger partial charge in [-0.05, 0) is 91.8 Å². The predicted octanol–water partition coefficient (Wildman–Crippen LogP) is 5.35. The van der Waals surface area contributed by atoms with E-state index in [-0.39, 0.29) is 34.5 Å². The van der Waals surface area contributed by atoms with Crippen LogP contribution >= 0.6 is 0 Å². The average molecular weight is 523 g/mol. The minimum Gasteiger partial charge on any atom is -0.459 e. The zero-order valence-electron chi connectivity index (χ0n) is 23.0. The summed E-state index contributed by atoms with van der Waals surface area (Å²) in [5, 5.41) is 0. The molecule has 8 nitrogen and oxygen atoms in total. The van der Waals surface area contributed by atoms with Crippen molar-refractivity contribution in [2.45, 2.75) is 79.8 Å². The molecule has 0 aliphatic rings. The van der Waals surface area contributed by atoms with Crippen LogP contribution in [0.15, 0.2) is 36.4 Å². The molecule has 0 aliphatic heterocycles. The van der Waals surface area contributed by atoms with Crippen LogP contribution in [-0.4, -0.2) is 48.3 Å². The molecule has 2 aromatic rings. The molecule has 0 aromatic heterocycles. The van der Waals surface area contributed by atoms with Gasteiger partial charge in [0.15, 0.2) is 0 Å². The fourth-order valence-corrected chi connectivity index (χ4v) is 3.19. The first-order valence-corrected chi connectivity index (χ1v) is 12.4. The van der Waals surface area contributed by atoms with Crippen LogP contribution in [-0.2, 0) is 18.9 Å². The molecule has 0 atom stereocenters. The van der Waals surface area contributed by atoms with Crippen LogP contribution in [0.5, 0.6) is 0 Å². The van der Waals surface area contributed by atoms with Gasteiger partial charge in [-0.2, -0.15) is 0 Å². The highest BCUT2D eigenvalue weighted by Crippen LogP contribution is 2.19. The first-order chi connectivity index (χ1) is 17.8. The number of hydrogen-bond acceptors (Lipinski definition) is 8. The molecule has 0 N–H and O–H groups in total. The van der Waals surface area contributed by atoms with Gasteiger partial charge in [-0.25, -0.2) is 19.2 Å². The number of carbonyl (C=O) groups excluding carboxylic acids is 4. The highest BCUT2D eigenvalue weighted by Gasteiger charge is 2.23. The monoisotopic (exact) mass is 522 g/mol. The molecule has 0 fully saturated rings. The summed E-state index contributed by atoms with van der Waals surface area (Å²) >= 11 is 0. The Morgan fingerprint density at radius 1 is 0.474 bits per heavy atom. The minimum absolute atomic E-state index is 0.0316. The van der Waals surface area contributed by atoms with Crippen LogP contribution in [0.3, 0.4) is 0 Å². The lowest BCUT2D eigenvalue weighted by Crippen LogP contribution is -2.19. The van der Waals surface area contributed by atoms with Crippen molar-refractivity contribution in [1.82, 2.24) is 0 Å². The van der Waals surface area contributed by atoms with Crippen LogP contribution in [0.25, 0.3) is 0 Å². The van der Waals surface area contributed by atoms with Gasteiger partial charge in [0, 0.05) is 11.1 Å². The molecule has 202 valence electrons. The minimum atomic E-state index is -0.675. The normalized spacial score (nSPS) is 10.7. The van der Waals surface area contributed by atoms with Crippen molar-refractivity contribution < 1.29 is 38.1 Å². The van der Waals surface area contributed by atoms with E-state index < -0.39 is 36.1 Å². The summed E-state index contributed by atoms with van der Waals surface area (Å²) < 4.78 is 21.1. The summed E-state index contributed by atoms with van der Waals surface area (Å²) in [4.78, 5) is 50.5. The molecule has 8 heteroatoms. The second kappa shape index (κ2) is 13.4. The fraction of sp³-hybridized carbons (Fsp3) is 0.400. The Bertz CT molecular complexity index is 1160. The van der Waals surface area contributed by atoms with E-state index in [0.29, 0.717) is 11.1 Å². The number of hydrogen-bond donors (Lipinski definition) is 0. The highest BCUT2D eigenvalue weighted by atomic mass is 16.6. The molecule has 0 bridgehead atoms. The van der Waals surface area contributed by atoms with Gasteiger partial charge in [0.05, 0.1) is 46.7 Å². The molecule has 2 rings (SSSR count). The maximum atomic E-state index is 12.7. The van der Waals surface area contributed by atoms with E-state index in [1.165, 1.54) is 24.3 Å². The highest BCUT2D eigenvalue weighted by molar-refractivity contribution is 6.04. The molecule has 38 heavy (non-hydrogen) atoms. The summed E-state index contributed by atoms with van der Waals surface area (Å²) in [6, 6.07) is 8.99. The van der Waals surface area contributed by atoms with Gasteiger partial charge in [-0.1, -0.05) is 11.8 Å². The van der Waals surface area contributed by atoms with E-state index in [0.717, 1.165) is 0 Å². The molecule has 0 radical (unpaired) electrons. The summed E-state index contributed by atoms with van der Waals surface area (Å²) in [5.74, 6) is 3.21. The number of benzene rings is 2. The Kier molecular flexibility index (Phi) is 10.6. The van der Waals surface area contributed by atoms with Gasteiger partial charge in [-0.15, -0.1) is 0 Å². The van der Waals surface area contributed by atoms with Gasteiger partial charge in [0.25, 0.3) is 0 Å². The zero-order chi connectivity index (χ0) is 28.6. The van der Waals surface area contributed by atoms with Crippen molar-refractivity contribution in [3.05, 3.63) is 69.8 Å². The van der Waals surface area contributed by atoms with Crippen molar-refractivity contribution in [3.63, 3.8) is 0 Å². The lowest BCUT2D eigenvalue weighted by molar-refractivity contribution is 0.0328. The number of ether oxygens (including phenoxy) is 4.